The molecule has 0 saturated heterocycles. The lowest BCUT2D eigenvalue weighted by molar-refractivity contribution is 0.0567. The Labute approximate surface area is 97.1 Å². The molecule has 7 heteroatoms. The maximum atomic E-state index is 11.6. The molecule has 0 bridgehead atoms. The second-order valence-corrected chi connectivity index (χ2v) is 6.45. The van der Waals surface area contributed by atoms with Crippen molar-refractivity contribution in [2.75, 3.05) is 7.05 Å². The molecule has 0 rings (SSSR count). The van der Waals surface area contributed by atoms with E-state index in [1.807, 2.05) is 4.72 Å². The predicted molar refractivity (Wildman–Crippen MR) is 61.2 cm³/mol. The molecule has 0 unspecified atom stereocenters. The molecule has 1 amide bonds. The van der Waals surface area contributed by atoms with Gasteiger partial charge in [-0.1, -0.05) is 0 Å². The van der Waals surface area contributed by atoms with Crippen LogP contribution in [0.2, 0.25) is 0 Å². The van der Waals surface area contributed by atoms with Gasteiger partial charge in [-0.05, 0) is 34.6 Å². The van der Waals surface area contributed by atoms with Gasteiger partial charge in [-0.15, -0.1) is 0 Å². The maximum absolute atomic E-state index is 11.6. The average molecular weight is 252 g/mol. The van der Waals surface area contributed by atoms with Crippen LogP contribution < -0.4 is 4.72 Å². The van der Waals surface area contributed by atoms with Gasteiger partial charge in [0, 0.05) is 13.1 Å². The smallest absolute Gasteiger partial charge is 0.422 e. The molecular formula is C9H20N2O4S. The zero-order valence-corrected chi connectivity index (χ0v) is 11.4. The molecule has 0 fully saturated rings. The summed E-state index contributed by atoms with van der Waals surface area (Å²) >= 11 is 0. The molecule has 0 aromatic carbocycles. The van der Waals surface area contributed by atoms with Gasteiger partial charge in [0.05, 0.1) is 0 Å². The minimum absolute atomic E-state index is 0.236. The van der Waals surface area contributed by atoms with Gasteiger partial charge >= 0.3 is 16.3 Å². The molecule has 0 aromatic heterocycles. The lowest BCUT2D eigenvalue weighted by Gasteiger charge is -2.23. The Morgan fingerprint density at radius 2 is 1.75 bits per heavy atom. The van der Waals surface area contributed by atoms with Crippen molar-refractivity contribution in [1.82, 2.24) is 9.03 Å². The highest BCUT2D eigenvalue weighted by Gasteiger charge is 2.25. The van der Waals surface area contributed by atoms with Crippen LogP contribution in [0.5, 0.6) is 0 Å². The summed E-state index contributed by atoms with van der Waals surface area (Å²) in [5.41, 5.74) is -0.726. The summed E-state index contributed by atoms with van der Waals surface area (Å²) in [5, 5.41) is 0. The third-order valence-corrected chi connectivity index (χ3v) is 3.32. The van der Waals surface area contributed by atoms with Crippen LogP contribution in [0.4, 0.5) is 4.79 Å². The fourth-order valence-electron chi connectivity index (χ4n) is 0.754. The Morgan fingerprint density at radius 3 is 2.06 bits per heavy atom. The fraction of sp³-hybridized carbons (Fsp3) is 0.889. The topological polar surface area (TPSA) is 75.7 Å². The van der Waals surface area contributed by atoms with Crippen molar-refractivity contribution in [2.45, 2.75) is 46.3 Å². The van der Waals surface area contributed by atoms with Crippen molar-refractivity contribution in [3.05, 3.63) is 0 Å². The summed E-state index contributed by atoms with van der Waals surface area (Å²) in [4.78, 5) is 11.3. The van der Waals surface area contributed by atoms with Gasteiger partial charge < -0.3 is 4.74 Å². The second kappa shape index (κ2) is 5.01. The normalized spacial score (nSPS) is 13.0. The lowest BCUT2D eigenvalue weighted by atomic mass is 10.2. The number of amides is 1. The van der Waals surface area contributed by atoms with Crippen LogP contribution in [0, 0.1) is 0 Å². The number of carbonyl (C=O) groups is 1. The first-order valence-corrected chi connectivity index (χ1v) is 6.38. The summed E-state index contributed by atoms with van der Waals surface area (Å²) in [6.45, 7) is 8.38. The fourth-order valence-corrected chi connectivity index (χ4v) is 1.71. The third-order valence-electron chi connectivity index (χ3n) is 1.72. The van der Waals surface area contributed by atoms with E-state index < -0.39 is 21.9 Å². The van der Waals surface area contributed by atoms with Crippen LogP contribution in [-0.2, 0) is 14.9 Å². The van der Waals surface area contributed by atoms with Crippen LogP contribution in [0.15, 0.2) is 0 Å². The van der Waals surface area contributed by atoms with E-state index >= 15 is 0 Å². The van der Waals surface area contributed by atoms with Gasteiger partial charge in [0.25, 0.3) is 0 Å². The summed E-state index contributed by atoms with van der Waals surface area (Å²) in [5.74, 6) is 0. The van der Waals surface area contributed by atoms with E-state index in [2.05, 4.69) is 0 Å². The number of carbonyl (C=O) groups excluding carboxylic acids is 1. The molecule has 0 radical (unpaired) electrons. The molecule has 16 heavy (non-hydrogen) atoms. The van der Waals surface area contributed by atoms with Crippen LogP contribution in [-0.4, -0.2) is 37.5 Å². The Morgan fingerprint density at radius 1 is 1.31 bits per heavy atom. The van der Waals surface area contributed by atoms with Gasteiger partial charge in [-0.25, -0.2) is 9.52 Å². The molecular weight excluding hydrogens is 232 g/mol. The molecule has 0 spiro atoms. The van der Waals surface area contributed by atoms with E-state index in [0.717, 1.165) is 4.31 Å². The minimum atomic E-state index is -3.82. The maximum Gasteiger partial charge on any atom is 0.422 e. The molecule has 0 aliphatic heterocycles. The van der Waals surface area contributed by atoms with Gasteiger partial charge in [-0.2, -0.15) is 12.7 Å². The summed E-state index contributed by atoms with van der Waals surface area (Å²) < 4.78 is 30.9. The highest BCUT2D eigenvalue weighted by atomic mass is 32.2. The SMILES string of the molecule is CC(C)N(C)S(=O)(=O)NC(=O)OC(C)(C)C. The van der Waals surface area contributed by atoms with Crippen LogP contribution >= 0.6 is 0 Å². The minimum Gasteiger partial charge on any atom is -0.443 e. The number of nitrogens with one attached hydrogen (secondary N) is 1. The molecule has 0 heterocycles. The highest BCUT2D eigenvalue weighted by molar-refractivity contribution is 7.87. The van der Waals surface area contributed by atoms with E-state index in [0.29, 0.717) is 0 Å². The van der Waals surface area contributed by atoms with Crippen molar-refractivity contribution in [3.63, 3.8) is 0 Å². The van der Waals surface area contributed by atoms with Crippen LogP contribution in [0.25, 0.3) is 0 Å². The molecule has 0 saturated carbocycles. The van der Waals surface area contributed by atoms with E-state index in [-0.39, 0.29) is 6.04 Å². The zero-order valence-electron chi connectivity index (χ0n) is 10.6. The molecule has 0 aliphatic rings. The first-order chi connectivity index (χ1) is 6.96. The van der Waals surface area contributed by atoms with Gasteiger partial charge in [0.2, 0.25) is 0 Å². The summed E-state index contributed by atoms with van der Waals surface area (Å²) in [6, 6.07) is -0.236. The second-order valence-electron chi connectivity index (χ2n) is 4.72. The van der Waals surface area contributed by atoms with Crippen molar-refractivity contribution >= 4 is 16.3 Å². The van der Waals surface area contributed by atoms with Gasteiger partial charge in [0.15, 0.2) is 0 Å². The molecule has 6 nitrogen and oxygen atoms in total. The number of ether oxygens (including phenoxy) is 1. The van der Waals surface area contributed by atoms with E-state index in [4.69, 9.17) is 4.74 Å². The number of rotatable bonds is 3. The van der Waals surface area contributed by atoms with E-state index in [1.165, 1.54) is 7.05 Å². The van der Waals surface area contributed by atoms with Gasteiger partial charge in [0.1, 0.15) is 5.60 Å². The van der Waals surface area contributed by atoms with Crippen LogP contribution in [0.1, 0.15) is 34.6 Å². The first kappa shape index (κ1) is 15.2. The van der Waals surface area contributed by atoms with E-state index in [9.17, 15) is 13.2 Å². The predicted octanol–water partition coefficient (Wildman–Crippen LogP) is 1.10. The van der Waals surface area contributed by atoms with Crippen molar-refractivity contribution in [2.24, 2.45) is 0 Å². The van der Waals surface area contributed by atoms with Crippen molar-refractivity contribution < 1.29 is 17.9 Å². The van der Waals surface area contributed by atoms with E-state index in [1.54, 1.807) is 34.6 Å². The van der Waals surface area contributed by atoms with Crippen LogP contribution in [0.3, 0.4) is 0 Å². The largest absolute Gasteiger partial charge is 0.443 e. The number of hydrogen-bond donors (Lipinski definition) is 1. The molecule has 0 atom stereocenters. The molecule has 1 N–H and O–H groups in total. The quantitative estimate of drug-likeness (QED) is 0.816. The average Bonchev–Trinajstić information content (AvgIpc) is 1.97. The highest BCUT2D eigenvalue weighted by Crippen LogP contribution is 2.08. The number of hydrogen-bond acceptors (Lipinski definition) is 4. The zero-order chi connectivity index (χ0) is 13.1. The Balaban J connectivity index is 4.56. The molecule has 0 aliphatic carbocycles. The lowest BCUT2D eigenvalue weighted by Crippen LogP contribution is -2.46. The third kappa shape index (κ3) is 5.32. The van der Waals surface area contributed by atoms with Gasteiger partial charge in [-0.3, -0.25) is 0 Å². The Hall–Kier alpha value is -0.820. The summed E-state index contributed by atoms with van der Waals surface area (Å²) in [6.07, 6.45) is -0.972. The first-order valence-electron chi connectivity index (χ1n) is 4.94. The molecule has 0 aromatic rings. The standard InChI is InChI=1S/C9H20N2O4S/c1-7(2)11(6)16(13,14)10-8(12)15-9(3,4)5/h7H,1-6H3,(H,10,12). The van der Waals surface area contributed by atoms with Crippen molar-refractivity contribution in [3.8, 4) is 0 Å². The van der Waals surface area contributed by atoms with Crippen molar-refractivity contribution in [1.29, 1.82) is 0 Å². The number of nitrogens with zero attached hydrogens (tertiary/aromatic N) is 1. The molecule has 96 valence electrons. The Bertz CT molecular complexity index is 343. The summed E-state index contributed by atoms with van der Waals surface area (Å²) in [7, 11) is -2.44. The Kier molecular flexibility index (Phi) is 4.75. The monoisotopic (exact) mass is 252 g/mol.